The predicted molar refractivity (Wildman–Crippen MR) is 61.8 cm³/mol. The van der Waals surface area contributed by atoms with Gasteiger partial charge >= 0.3 is 0 Å². The molecular formula is C11H18N2S. The lowest BCUT2D eigenvalue weighted by atomic mass is 10.1. The second kappa shape index (κ2) is 4.43. The summed E-state index contributed by atoms with van der Waals surface area (Å²) < 4.78 is 0. The van der Waals surface area contributed by atoms with Gasteiger partial charge in [-0.2, -0.15) is 0 Å². The number of thiophene rings is 1. The zero-order chi connectivity index (χ0) is 9.97. The summed E-state index contributed by atoms with van der Waals surface area (Å²) in [5.41, 5.74) is 0. The molecule has 14 heavy (non-hydrogen) atoms. The highest BCUT2D eigenvalue weighted by Gasteiger charge is 2.21. The minimum atomic E-state index is 0.583. The number of rotatable bonds is 2. The van der Waals surface area contributed by atoms with E-state index in [4.69, 9.17) is 0 Å². The molecular weight excluding hydrogens is 192 g/mol. The summed E-state index contributed by atoms with van der Waals surface area (Å²) in [6.07, 6.45) is 0. The normalized spacial score (nSPS) is 26.3. The summed E-state index contributed by atoms with van der Waals surface area (Å²) in [5, 5.41) is 5.64. The Bertz CT molecular complexity index is 271. The zero-order valence-corrected chi connectivity index (χ0v) is 9.68. The Morgan fingerprint density at radius 2 is 2.50 bits per heavy atom. The lowest BCUT2D eigenvalue weighted by molar-refractivity contribution is 0.161. The SMILES string of the molecule is CC1CN(C(C)c2cccs2)CCN1. The van der Waals surface area contributed by atoms with Gasteiger partial charge in [0, 0.05) is 36.6 Å². The summed E-state index contributed by atoms with van der Waals surface area (Å²) in [6, 6.07) is 5.59. The van der Waals surface area contributed by atoms with Gasteiger partial charge in [0.2, 0.25) is 0 Å². The van der Waals surface area contributed by atoms with Crippen LogP contribution in [0.15, 0.2) is 17.5 Å². The minimum absolute atomic E-state index is 0.583. The van der Waals surface area contributed by atoms with Crippen molar-refractivity contribution in [3.63, 3.8) is 0 Å². The third-order valence-corrected chi connectivity index (χ3v) is 3.95. The van der Waals surface area contributed by atoms with Gasteiger partial charge in [-0.05, 0) is 25.3 Å². The quantitative estimate of drug-likeness (QED) is 0.804. The first-order chi connectivity index (χ1) is 6.77. The van der Waals surface area contributed by atoms with Gasteiger partial charge < -0.3 is 5.32 Å². The Morgan fingerprint density at radius 3 is 3.14 bits per heavy atom. The van der Waals surface area contributed by atoms with Gasteiger partial charge in [0.05, 0.1) is 0 Å². The first-order valence-electron chi connectivity index (χ1n) is 5.28. The van der Waals surface area contributed by atoms with Crippen molar-refractivity contribution >= 4 is 11.3 Å². The van der Waals surface area contributed by atoms with Gasteiger partial charge in [0.1, 0.15) is 0 Å². The summed E-state index contributed by atoms with van der Waals surface area (Å²) in [4.78, 5) is 4.05. The van der Waals surface area contributed by atoms with Crippen molar-refractivity contribution in [1.82, 2.24) is 10.2 Å². The maximum Gasteiger partial charge on any atom is 0.0414 e. The van der Waals surface area contributed by atoms with Crippen molar-refractivity contribution in [2.24, 2.45) is 0 Å². The van der Waals surface area contributed by atoms with Crippen LogP contribution in [0.1, 0.15) is 24.8 Å². The number of nitrogens with zero attached hydrogens (tertiary/aromatic N) is 1. The van der Waals surface area contributed by atoms with Gasteiger partial charge in [-0.25, -0.2) is 0 Å². The van der Waals surface area contributed by atoms with Crippen LogP contribution in [-0.4, -0.2) is 30.6 Å². The highest BCUT2D eigenvalue weighted by atomic mass is 32.1. The molecule has 2 atom stereocenters. The molecule has 2 heterocycles. The van der Waals surface area contributed by atoms with E-state index in [1.165, 1.54) is 18.0 Å². The van der Waals surface area contributed by atoms with E-state index in [-0.39, 0.29) is 0 Å². The summed E-state index contributed by atoms with van der Waals surface area (Å²) in [6.45, 7) is 8.02. The van der Waals surface area contributed by atoms with E-state index in [9.17, 15) is 0 Å². The van der Waals surface area contributed by atoms with Crippen LogP contribution in [-0.2, 0) is 0 Å². The molecule has 0 radical (unpaired) electrons. The molecule has 0 aliphatic carbocycles. The second-order valence-corrected chi connectivity index (χ2v) is 5.02. The van der Waals surface area contributed by atoms with Crippen LogP contribution in [0.4, 0.5) is 0 Å². The van der Waals surface area contributed by atoms with Crippen molar-refractivity contribution in [2.45, 2.75) is 25.9 Å². The van der Waals surface area contributed by atoms with Gasteiger partial charge in [0.15, 0.2) is 0 Å². The Hall–Kier alpha value is -0.380. The van der Waals surface area contributed by atoms with Crippen molar-refractivity contribution in [2.75, 3.05) is 19.6 Å². The van der Waals surface area contributed by atoms with E-state index in [0.717, 1.165) is 6.54 Å². The average Bonchev–Trinajstić information content (AvgIpc) is 2.69. The van der Waals surface area contributed by atoms with Crippen LogP contribution >= 0.6 is 11.3 Å². The van der Waals surface area contributed by atoms with E-state index in [2.05, 4.69) is 41.6 Å². The molecule has 1 fully saturated rings. The lowest BCUT2D eigenvalue weighted by Crippen LogP contribution is -2.49. The maximum absolute atomic E-state index is 3.47. The highest BCUT2D eigenvalue weighted by molar-refractivity contribution is 7.10. The van der Waals surface area contributed by atoms with Gasteiger partial charge in [-0.1, -0.05) is 6.07 Å². The molecule has 1 aliphatic heterocycles. The van der Waals surface area contributed by atoms with Gasteiger partial charge in [-0.3, -0.25) is 4.90 Å². The first-order valence-corrected chi connectivity index (χ1v) is 6.16. The van der Waals surface area contributed by atoms with E-state index in [1.807, 2.05) is 11.3 Å². The number of hydrogen-bond donors (Lipinski definition) is 1. The lowest BCUT2D eigenvalue weighted by Gasteiger charge is -2.35. The van der Waals surface area contributed by atoms with Crippen LogP contribution in [0.2, 0.25) is 0 Å². The maximum atomic E-state index is 3.47. The fourth-order valence-corrected chi connectivity index (χ4v) is 2.84. The minimum Gasteiger partial charge on any atom is -0.312 e. The molecule has 3 heteroatoms. The first kappa shape index (κ1) is 10.1. The summed E-state index contributed by atoms with van der Waals surface area (Å²) in [5.74, 6) is 0. The molecule has 1 saturated heterocycles. The van der Waals surface area contributed by atoms with E-state index >= 15 is 0 Å². The smallest absolute Gasteiger partial charge is 0.0414 e. The molecule has 1 aromatic heterocycles. The topological polar surface area (TPSA) is 15.3 Å². The summed E-state index contributed by atoms with van der Waals surface area (Å²) >= 11 is 1.86. The Labute approximate surface area is 89.9 Å². The average molecular weight is 210 g/mol. The van der Waals surface area contributed by atoms with Crippen LogP contribution < -0.4 is 5.32 Å². The molecule has 0 saturated carbocycles. The molecule has 0 spiro atoms. The Balaban J connectivity index is 2.00. The highest BCUT2D eigenvalue weighted by Crippen LogP contribution is 2.25. The van der Waals surface area contributed by atoms with Crippen LogP contribution in [0.3, 0.4) is 0 Å². The molecule has 78 valence electrons. The van der Waals surface area contributed by atoms with E-state index < -0.39 is 0 Å². The van der Waals surface area contributed by atoms with Crippen LogP contribution in [0.25, 0.3) is 0 Å². The standard InChI is InChI=1S/C11H18N2S/c1-9-8-13(6-5-12-9)10(2)11-4-3-7-14-11/h3-4,7,9-10,12H,5-6,8H2,1-2H3. The van der Waals surface area contributed by atoms with Crippen molar-refractivity contribution < 1.29 is 0 Å². The zero-order valence-electron chi connectivity index (χ0n) is 8.86. The van der Waals surface area contributed by atoms with E-state index in [0.29, 0.717) is 12.1 Å². The van der Waals surface area contributed by atoms with Crippen molar-refractivity contribution in [3.05, 3.63) is 22.4 Å². The fourth-order valence-electron chi connectivity index (χ4n) is 2.02. The Kier molecular flexibility index (Phi) is 3.21. The molecule has 0 aromatic carbocycles. The number of nitrogens with one attached hydrogen (secondary N) is 1. The molecule has 1 N–H and O–H groups in total. The van der Waals surface area contributed by atoms with Crippen LogP contribution in [0.5, 0.6) is 0 Å². The number of hydrogen-bond acceptors (Lipinski definition) is 3. The van der Waals surface area contributed by atoms with Gasteiger partial charge in [-0.15, -0.1) is 11.3 Å². The molecule has 2 nitrogen and oxygen atoms in total. The second-order valence-electron chi connectivity index (χ2n) is 4.04. The number of piperazine rings is 1. The Morgan fingerprint density at radius 1 is 1.64 bits per heavy atom. The molecule has 1 aromatic rings. The van der Waals surface area contributed by atoms with Crippen LogP contribution in [0, 0.1) is 0 Å². The van der Waals surface area contributed by atoms with Crippen molar-refractivity contribution in [1.29, 1.82) is 0 Å². The third kappa shape index (κ3) is 2.16. The largest absolute Gasteiger partial charge is 0.312 e. The molecule has 1 aliphatic rings. The van der Waals surface area contributed by atoms with E-state index in [1.54, 1.807) is 0 Å². The predicted octanol–water partition coefficient (Wildman–Crippen LogP) is 2.10. The fraction of sp³-hybridized carbons (Fsp3) is 0.636. The molecule has 2 unspecified atom stereocenters. The molecule has 0 bridgehead atoms. The summed E-state index contributed by atoms with van der Waals surface area (Å²) in [7, 11) is 0. The van der Waals surface area contributed by atoms with Gasteiger partial charge in [0.25, 0.3) is 0 Å². The monoisotopic (exact) mass is 210 g/mol. The van der Waals surface area contributed by atoms with Crippen molar-refractivity contribution in [3.8, 4) is 0 Å². The molecule has 0 amide bonds. The molecule has 2 rings (SSSR count). The third-order valence-electron chi connectivity index (χ3n) is 2.90.